The van der Waals surface area contributed by atoms with Crippen LogP contribution in [0.25, 0.3) is 0 Å². The molecular formula is C32H50O2Si4. The quantitative estimate of drug-likeness (QED) is 0.177. The summed E-state index contributed by atoms with van der Waals surface area (Å²) in [5.41, 5.74) is 0. The van der Waals surface area contributed by atoms with E-state index < -0.39 is 33.7 Å². The summed E-state index contributed by atoms with van der Waals surface area (Å²) < 4.78 is 12.1. The molecule has 3 rings (SSSR count). The van der Waals surface area contributed by atoms with Crippen LogP contribution in [0.5, 0.6) is 11.5 Å². The maximum atomic E-state index is 6.07. The molecule has 2 nitrogen and oxygen atoms in total. The van der Waals surface area contributed by atoms with Gasteiger partial charge in [0.05, 0.1) is 47.0 Å². The number of ether oxygens (including phenoxy) is 2. The van der Waals surface area contributed by atoms with E-state index in [-0.39, 0.29) is 0 Å². The van der Waals surface area contributed by atoms with Crippen LogP contribution in [0.3, 0.4) is 0 Å². The first-order valence-electron chi connectivity index (χ1n) is 14.5. The van der Waals surface area contributed by atoms with Crippen molar-refractivity contribution in [3.05, 3.63) is 72.8 Å². The number of benzene rings is 3. The first kappa shape index (κ1) is 30.7. The van der Waals surface area contributed by atoms with Gasteiger partial charge >= 0.3 is 0 Å². The molecule has 6 heteroatoms. The van der Waals surface area contributed by atoms with Crippen molar-refractivity contribution in [1.82, 2.24) is 0 Å². The number of rotatable bonds is 14. The zero-order valence-corrected chi connectivity index (χ0v) is 29.5. The van der Waals surface area contributed by atoms with Gasteiger partial charge < -0.3 is 9.47 Å². The summed E-state index contributed by atoms with van der Waals surface area (Å²) in [5.74, 6) is 1.87. The van der Waals surface area contributed by atoms with E-state index in [0.29, 0.717) is 0 Å². The zero-order valence-electron chi connectivity index (χ0n) is 25.1. The number of hydrogen-bond donors (Lipinski definition) is 0. The first-order valence-corrected chi connectivity index (χ1v) is 26.7. The molecule has 0 bridgehead atoms. The van der Waals surface area contributed by atoms with Crippen molar-refractivity contribution in [3.8, 4) is 11.5 Å². The van der Waals surface area contributed by atoms with E-state index in [4.69, 9.17) is 9.47 Å². The molecule has 0 spiro atoms. The van der Waals surface area contributed by atoms with E-state index in [1.807, 2.05) is 24.3 Å². The molecule has 0 aromatic heterocycles. The minimum absolute atomic E-state index is 0.712. The molecule has 0 heterocycles. The molecule has 0 saturated carbocycles. The topological polar surface area (TPSA) is 18.5 Å². The molecule has 3 aromatic carbocycles. The van der Waals surface area contributed by atoms with Crippen molar-refractivity contribution >= 4 is 54.5 Å². The predicted molar refractivity (Wildman–Crippen MR) is 180 cm³/mol. The van der Waals surface area contributed by atoms with Gasteiger partial charge in [0.15, 0.2) is 0 Å². The highest BCUT2D eigenvalue weighted by atomic mass is 28.3. The number of hydrogen-bond acceptors (Lipinski definition) is 2. The average Bonchev–Trinajstić information content (AvgIpc) is 2.90. The second-order valence-corrected chi connectivity index (χ2v) is 28.3. The van der Waals surface area contributed by atoms with Crippen LogP contribution in [0.2, 0.25) is 64.5 Å². The van der Waals surface area contributed by atoms with E-state index >= 15 is 0 Å². The summed E-state index contributed by atoms with van der Waals surface area (Å²) in [6.07, 6.45) is 2.19. The standard InChI is InChI=1S/C32H50O2Si4/c1-35(2)29-15-19-31(20-16-29)37(5,6)25-9-23-33-27-11-13-28(14-12-27)34-24-10-26-38(7,8)32-21-17-30(18-22-32)36(3)4/h11-22,35-36H,9-10,23-26H2,1-8H3. The maximum Gasteiger partial charge on any atom is 0.119 e. The Morgan fingerprint density at radius 2 is 0.816 bits per heavy atom. The highest BCUT2D eigenvalue weighted by Gasteiger charge is 2.24. The lowest BCUT2D eigenvalue weighted by atomic mass is 10.3. The summed E-state index contributed by atoms with van der Waals surface area (Å²) in [5, 5.41) is 6.25. The predicted octanol–water partition coefficient (Wildman–Crippen LogP) is 5.84. The lowest BCUT2D eigenvalue weighted by Gasteiger charge is -2.24. The van der Waals surface area contributed by atoms with Crippen LogP contribution in [0, 0.1) is 0 Å². The minimum Gasteiger partial charge on any atom is -0.494 e. The fraction of sp³-hybridized carbons (Fsp3) is 0.438. The van der Waals surface area contributed by atoms with Gasteiger partial charge in [-0.1, -0.05) is 134 Å². The van der Waals surface area contributed by atoms with Gasteiger partial charge in [-0.3, -0.25) is 0 Å². The lowest BCUT2D eigenvalue weighted by Crippen LogP contribution is -2.42. The van der Waals surface area contributed by atoms with Gasteiger partial charge in [0, 0.05) is 0 Å². The van der Waals surface area contributed by atoms with Gasteiger partial charge in [0.2, 0.25) is 0 Å². The Hall–Kier alpha value is -1.87. The van der Waals surface area contributed by atoms with Crippen LogP contribution in [0.1, 0.15) is 12.8 Å². The Kier molecular flexibility index (Phi) is 11.3. The third kappa shape index (κ3) is 9.11. The molecule has 0 aliphatic carbocycles. The molecule has 0 amide bonds. The van der Waals surface area contributed by atoms with Crippen LogP contribution < -0.4 is 30.2 Å². The fourth-order valence-corrected chi connectivity index (χ4v) is 11.7. The van der Waals surface area contributed by atoms with E-state index in [9.17, 15) is 0 Å². The SMILES string of the molecule is C[SiH](C)c1ccc([Si](C)(C)CCCOc2ccc(OCCC[Si](C)(C)c3ccc([SiH](C)C)cc3)cc2)cc1. The van der Waals surface area contributed by atoms with Crippen molar-refractivity contribution < 1.29 is 9.47 Å². The smallest absolute Gasteiger partial charge is 0.119 e. The van der Waals surface area contributed by atoms with Gasteiger partial charge in [0.1, 0.15) is 11.5 Å². The van der Waals surface area contributed by atoms with Crippen LogP contribution >= 0.6 is 0 Å². The maximum absolute atomic E-state index is 6.07. The van der Waals surface area contributed by atoms with E-state index in [1.54, 1.807) is 20.7 Å². The van der Waals surface area contributed by atoms with E-state index in [0.717, 1.165) is 37.6 Å². The lowest BCUT2D eigenvalue weighted by molar-refractivity contribution is 0.308. The summed E-state index contributed by atoms with van der Waals surface area (Å²) >= 11 is 0. The summed E-state index contributed by atoms with van der Waals surface area (Å²) in [6, 6.07) is 29.7. The molecule has 0 atom stereocenters. The second kappa shape index (κ2) is 14.0. The minimum atomic E-state index is -1.43. The van der Waals surface area contributed by atoms with Crippen LogP contribution in [-0.2, 0) is 0 Å². The molecule has 0 aliphatic heterocycles. The highest BCUT2D eigenvalue weighted by molar-refractivity contribution is 6.90. The first-order chi connectivity index (χ1) is 18.0. The van der Waals surface area contributed by atoms with E-state index in [1.165, 1.54) is 12.1 Å². The molecule has 0 saturated heterocycles. The molecule has 3 aromatic rings. The zero-order chi connectivity index (χ0) is 27.8. The van der Waals surface area contributed by atoms with Crippen LogP contribution in [-0.4, -0.2) is 47.0 Å². The Bertz CT molecular complexity index is 1020. The summed E-state index contributed by atoms with van der Waals surface area (Å²) in [7, 11) is -4.28. The van der Waals surface area contributed by atoms with Crippen molar-refractivity contribution in [3.63, 3.8) is 0 Å². The molecule has 0 N–H and O–H groups in total. The third-order valence-corrected chi connectivity index (χ3v) is 18.4. The van der Waals surface area contributed by atoms with Gasteiger partial charge in [-0.05, 0) is 37.1 Å². The Morgan fingerprint density at radius 1 is 0.500 bits per heavy atom. The molecule has 0 radical (unpaired) electrons. The van der Waals surface area contributed by atoms with Crippen LogP contribution in [0.15, 0.2) is 72.8 Å². The Balaban J connectivity index is 1.37. The van der Waals surface area contributed by atoms with Crippen molar-refractivity contribution in [2.24, 2.45) is 0 Å². The Morgan fingerprint density at radius 3 is 1.11 bits per heavy atom. The summed E-state index contributed by atoms with van der Waals surface area (Å²) in [4.78, 5) is 0. The van der Waals surface area contributed by atoms with Crippen LogP contribution in [0.4, 0.5) is 0 Å². The monoisotopic (exact) mass is 578 g/mol. The largest absolute Gasteiger partial charge is 0.494 e. The van der Waals surface area contributed by atoms with Crippen molar-refractivity contribution in [2.75, 3.05) is 13.2 Å². The summed E-state index contributed by atoms with van der Waals surface area (Å²) in [6.45, 7) is 21.0. The van der Waals surface area contributed by atoms with Gasteiger partial charge in [0.25, 0.3) is 0 Å². The van der Waals surface area contributed by atoms with Gasteiger partial charge in [-0.15, -0.1) is 0 Å². The second-order valence-electron chi connectivity index (χ2n) is 12.7. The molecule has 0 fully saturated rings. The average molecular weight is 579 g/mol. The highest BCUT2D eigenvalue weighted by Crippen LogP contribution is 2.20. The molecule has 206 valence electrons. The van der Waals surface area contributed by atoms with Gasteiger partial charge in [-0.2, -0.15) is 0 Å². The van der Waals surface area contributed by atoms with Gasteiger partial charge in [-0.25, -0.2) is 0 Å². The van der Waals surface area contributed by atoms with Crippen molar-refractivity contribution in [1.29, 1.82) is 0 Å². The molecule has 0 aliphatic rings. The van der Waals surface area contributed by atoms with E-state index in [2.05, 4.69) is 101 Å². The molecular weight excluding hydrogens is 529 g/mol. The molecule has 38 heavy (non-hydrogen) atoms. The Labute approximate surface area is 238 Å². The normalized spacial score (nSPS) is 12.3. The van der Waals surface area contributed by atoms with Crippen molar-refractivity contribution in [2.45, 2.75) is 77.3 Å². The third-order valence-electron chi connectivity index (χ3n) is 7.97. The fourth-order valence-electron chi connectivity index (χ4n) is 4.97. The molecule has 0 unspecified atom stereocenters.